The van der Waals surface area contributed by atoms with Crippen molar-refractivity contribution in [2.45, 2.75) is 39.3 Å². The minimum absolute atomic E-state index is 0. The molecule has 0 aromatic carbocycles. The van der Waals surface area contributed by atoms with Crippen molar-refractivity contribution in [3.05, 3.63) is 46.3 Å². The van der Waals surface area contributed by atoms with Gasteiger partial charge in [0.1, 0.15) is 0 Å². The molecule has 2 heterocycles. The lowest BCUT2D eigenvalue weighted by Gasteiger charge is -2.16. The minimum Gasteiger partial charge on any atom is -0.477 e. The van der Waals surface area contributed by atoms with Gasteiger partial charge in [0.25, 0.3) is 0 Å². The van der Waals surface area contributed by atoms with Crippen LogP contribution in [0.5, 0.6) is 5.88 Å². The van der Waals surface area contributed by atoms with Crippen molar-refractivity contribution in [3.8, 4) is 5.88 Å². The molecule has 0 spiro atoms. The first-order valence-electron chi connectivity index (χ1n) is 8.90. The Morgan fingerprint density at radius 3 is 2.96 bits per heavy atom. The standard InChI is InChI=1S/C19H26N4OS.HI/c1-3-20-19(23-14(2)17-5-4-10-25-17)22-12-16-8-9-21-18(11-16)24-13-15-6-7-15;/h4-5,8-11,14-15H,3,6-7,12-13H2,1-2H3,(H2,20,22,23);1H. The zero-order chi connectivity index (χ0) is 17.5. The predicted octanol–water partition coefficient (Wildman–Crippen LogP) is 4.37. The molecule has 5 nitrogen and oxygen atoms in total. The Bertz CT molecular complexity index is 689. The summed E-state index contributed by atoms with van der Waals surface area (Å²) in [6.07, 6.45) is 4.36. The number of nitrogens with zero attached hydrogens (tertiary/aromatic N) is 2. The average Bonchev–Trinajstić information content (AvgIpc) is 3.29. The van der Waals surface area contributed by atoms with Crippen LogP contribution < -0.4 is 15.4 Å². The molecule has 0 amide bonds. The number of nitrogens with one attached hydrogen (secondary N) is 2. The maximum atomic E-state index is 5.75. The van der Waals surface area contributed by atoms with Crippen LogP contribution in [0.15, 0.2) is 40.8 Å². The maximum absolute atomic E-state index is 5.75. The molecule has 1 fully saturated rings. The summed E-state index contributed by atoms with van der Waals surface area (Å²) in [7, 11) is 0. The molecule has 1 saturated carbocycles. The molecule has 7 heteroatoms. The van der Waals surface area contributed by atoms with Gasteiger partial charge in [0.15, 0.2) is 5.96 Å². The lowest BCUT2D eigenvalue weighted by Crippen LogP contribution is -2.38. The van der Waals surface area contributed by atoms with Crippen molar-refractivity contribution in [1.29, 1.82) is 0 Å². The summed E-state index contributed by atoms with van der Waals surface area (Å²) < 4.78 is 5.75. The molecule has 26 heavy (non-hydrogen) atoms. The summed E-state index contributed by atoms with van der Waals surface area (Å²) in [6, 6.07) is 8.41. The van der Waals surface area contributed by atoms with Crippen LogP contribution in [0.2, 0.25) is 0 Å². The van der Waals surface area contributed by atoms with E-state index in [1.807, 2.05) is 12.1 Å². The second-order valence-electron chi connectivity index (χ2n) is 6.33. The Balaban J connectivity index is 0.00000243. The summed E-state index contributed by atoms with van der Waals surface area (Å²) in [5.41, 5.74) is 1.10. The van der Waals surface area contributed by atoms with Crippen LogP contribution in [-0.4, -0.2) is 24.1 Å². The van der Waals surface area contributed by atoms with E-state index in [0.717, 1.165) is 30.6 Å². The number of rotatable bonds is 8. The minimum atomic E-state index is 0. The summed E-state index contributed by atoms with van der Waals surface area (Å²) in [5.74, 6) is 2.25. The Morgan fingerprint density at radius 1 is 1.42 bits per heavy atom. The molecule has 2 aromatic rings. The molecule has 0 saturated heterocycles. The molecule has 0 radical (unpaired) electrons. The number of thiophene rings is 1. The van der Waals surface area contributed by atoms with Gasteiger partial charge in [-0.05, 0) is 55.7 Å². The molecule has 1 unspecified atom stereocenters. The predicted molar refractivity (Wildman–Crippen MR) is 119 cm³/mol. The van der Waals surface area contributed by atoms with Gasteiger partial charge in [0.2, 0.25) is 5.88 Å². The lowest BCUT2D eigenvalue weighted by molar-refractivity contribution is 0.288. The normalized spacial score (nSPS) is 15.1. The second-order valence-corrected chi connectivity index (χ2v) is 7.31. The molecule has 2 aromatic heterocycles. The molecular formula is C19H27IN4OS. The number of halogens is 1. The van der Waals surface area contributed by atoms with Crippen LogP contribution in [0.3, 0.4) is 0 Å². The summed E-state index contributed by atoms with van der Waals surface area (Å²) in [4.78, 5) is 10.3. The van der Waals surface area contributed by atoms with Gasteiger partial charge in [-0.1, -0.05) is 6.07 Å². The van der Waals surface area contributed by atoms with E-state index >= 15 is 0 Å². The van der Waals surface area contributed by atoms with Crippen LogP contribution in [0.4, 0.5) is 0 Å². The van der Waals surface area contributed by atoms with Crippen LogP contribution in [0.1, 0.15) is 43.2 Å². The number of hydrogen-bond acceptors (Lipinski definition) is 4. The maximum Gasteiger partial charge on any atom is 0.213 e. The Kier molecular flexibility index (Phi) is 8.64. The van der Waals surface area contributed by atoms with Gasteiger partial charge in [-0.3, -0.25) is 0 Å². The smallest absolute Gasteiger partial charge is 0.213 e. The van der Waals surface area contributed by atoms with Crippen molar-refractivity contribution in [2.75, 3.05) is 13.2 Å². The van der Waals surface area contributed by atoms with Crippen molar-refractivity contribution < 1.29 is 4.74 Å². The van der Waals surface area contributed by atoms with Crippen molar-refractivity contribution in [3.63, 3.8) is 0 Å². The van der Waals surface area contributed by atoms with E-state index < -0.39 is 0 Å². The number of ether oxygens (including phenoxy) is 1. The van der Waals surface area contributed by atoms with Gasteiger partial charge < -0.3 is 15.4 Å². The topological polar surface area (TPSA) is 58.5 Å². The van der Waals surface area contributed by atoms with Gasteiger partial charge in [-0.25, -0.2) is 9.98 Å². The van der Waals surface area contributed by atoms with E-state index in [1.165, 1.54) is 17.7 Å². The Labute approximate surface area is 176 Å². The van der Waals surface area contributed by atoms with E-state index in [2.05, 4.69) is 47.0 Å². The molecule has 1 atom stereocenters. The van der Waals surface area contributed by atoms with Crippen LogP contribution in [-0.2, 0) is 6.54 Å². The molecule has 1 aliphatic rings. The third kappa shape index (κ3) is 6.75. The Morgan fingerprint density at radius 2 is 2.27 bits per heavy atom. The molecule has 142 valence electrons. The van der Waals surface area contributed by atoms with E-state index in [4.69, 9.17) is 9.73 Å². The number of hydrogen-bond donors (Lipinski definition) is 2. The van der Waals surface area contributed by atoms with Crippen LogP contribution >= 0.6 is 35.3 Å². The molecule has 0 aliphatic heterocycles. The summed E-state index contributed by atoms with van der Waals surface area (Å²) in [6.45, 7) is 6.42. The zero-order valence-electron chi connectivity index (χ0n) is 15.3. The SMILES string of the molecule is CCNC(=NCc1ccnc(OCC2CC2)c1)NC(C)c1cccs1.I. The highest BCUT2D eigenvalue weighted by Gasteiger charge is 2.22. The van der Waals surface area contributed by atoms with Gasteiger partial charge >= 0.3 is 0 Å². The van der Waals surface area contributed by atoms with E-state index in [0.29, 0.717) is 12.4 Å². The highest BCUT2D eigenvalue weighted by atomic mass is 127. The summed E-state index contributed by atoms with van der Waals surface area (Å²) in [5, 5.41) is 8.86. The third-order valence-corrected chi connectivity index (χ3v) is 5.11. The van der Waals surface area contributed by atoms with Gasteiger partial charge in [0, 0.05) is 23.7 Å². The van der Waals surface area contributed by atoms with E-state index in [9.17, 15) is 0 Å². The molecular weight excluding hydrogens is 459 g/mol. The lowest BCUT2D eigenvalue weighted by atomic mass is 10.2. The van der Waals surface area contributed by atoms with Crippen molar-refractivity contribution >= 4 is 41.3 Å². The zero-order valence-corrected chi connectivity index (χ0v) is 18.4. The fraction of sp³-hybridized carbons (Fsp3) is 0.474. The molecule has 0 bridgehead atoms. The molecule has 1 aliphatic carbocycles. The van der Waals surface area contributed by atoms with Gasteiger partial charge in [-0.2, -0.15) is 0 Å². The van der Waals surface area contributed by atoms with Crippen LogP contribution in [0.25, 0.3) is 0 Å². The first-order valence-corrected chi connectivity index (χ1v) is 9.78. The fourth-order valence-electron chi connectivity index (χ4n) is 2.42. The first-order chi connectivity index (χ1) is 12.2. The fourth-order valence-corrected chi connectivity index (χ4v) is 3.15. The second kappa shape index (κ2) is 10.7. The third-order valence-electron chi connectivity index (χ3n) is 4.05. The highest BCUT2D eigenvalue weighted by Crippen LogP contribution is 2.29. The monoisotopic (exact) mass is 486 g/mol. The summed E-state index contributed by atoms with van der Waals surface area (Å²) >= 11 is 1.75. The van der Waals surface area contributed by atoms with E-state index in [-0.39, 0.29) is 30.0 Å². The Hall–Kier alpha value is -1.35. The average molecular weight is 486 g/mol. The van der Waals surface area contributed by atoms with Gasteiger partial charge in [0.05, 0.1) is 19.2 Å². The number of pyridine rings is 1. The van der Waals surface area contributed by atoms with Gasteiger partial charge in [-0.15, -0.1) is 35.3 Å². The molecule has 2 N–H and O–H groups in total. The number of aromatic nitrogens is 1. The quantitative estimate of drug-likeness (QED) is 0.331. The first kappa shape index (κ1) is 21.0. The highest BCUT2D eigenvalue weighted by molar-refractivity contribution is 14.0. The number of aliphatic imine (C=N–C) groups is 1. The van der Waals surface area contributed by atoms with E-state index in [1.54, 1.807) is 17.5 Å². The largest absolute Gasteiger partial charge is 0.477 e. The van der Waals surface area contributed by atoms with Crippen molar-refractivity contribution in [2.24, 2.45) is 10.9 Å². The molecule has 3 rings (SSSR count). The number of guanidine groups is 1. The van der Waals surface area contributed by atoms with Crippen LogP contribution in [0, 0.1) is 5.92 Å². The van der Waals surface area contributed by atoms with Crippen molar-refractivity contribution in [1.82, 2.24) is 15.6 Å².